The molecule has 1 heterocycles. The van der Waals surface area contributed by atoms with Crippen molar-refractivity contribution in [2.45, 2.75) is 39.7 Å². The van der Waals surface area contributed by atoms with E-state index in [1.54, 1.807) is 9.80 Å². The molecule has 0 aliphatic carbocycles. The van der Waals surface area contributed by atoms with Gasteiger partial charge >= 0.3 is 0 Å². The van der Waals surface area contributed by atoms with Gasteiger partial charge in [-0.3, -0.25) is 9.59 Å². The lowest BCUT2D eigenvalue weighted by Crippen LogP contribution is -2.57. The Morgan fingerprint density at radius 1 is 1.08 bits per heavy atom. The van der Waals surface area contributed by atoms with Crippen molar-refractivity contribution in [1.82, 2.24) is 4.90 Å². The van der Waals surface area contributed by atoms with Gasteiger partial charge in [-0.25, -0.2) is 0 Å². The largest absolute Gasteiger partial charge is 0.325 e. The fourth-order valence-electron chi connectivity index (χ4n) is 3.39. The number of rotatable bonds is 3. The highest BCUT2D eigenvalue weighted by atomic mass is 16.2. The Balaban J connectivity index is 1.77. The fraction of sp³-hybridized carbons (Fsp3) is 0.364. The predicted octanol–water partition coefficient (Wildman–Crippen LogP) is 4.00. The van der Waals surface area contributed by atoms with Gasteiger partial charge in [-0.15, -0.1) is 0 Å². The van der Waals surface area contributed by atoms with Crippen LogP contribution in [0.2, 0.25) is 0 Å². The number of hydrogen-bond acceptors (Lipinski definition) is 2. The van der Waals surface area contributed by atoms with E-state index in [9.17, 15) is 9.59 Å². The van der Waals surface area contributed by atoms with Crippen molar-refractivity contribution in [3.63, 3.8) is 0 Å². The maximum Gasteiger partial charge on any atom is 0.254 e. The molecule has 1 saturated heterocycles. The summed E-state index contributed by atoms with van der Waals surface area (Å²) >= 11 is 0. The van der Waals surface area contributed by atoms with Crippen molar-refractivity contribution in [2.75, 3.05) is 18.0 Å². The number of piperazine rings is 1. The van der Waals surface area contributed by atoms with Gasteiger partial charge in [0, 0.05) is 24.3 Å². The minimum absolute atomic E-state index is 0.0328. The zero-order chi connectivity index (χ0) is 18.8. The zero-order valence-corrected chi connectivity index (χ0v) is 15.9. The Morgan fingerprint density at radius 3 is 2.38 bits per heavy atom. The summed E-state index contributed by atoms with van der Waals surface area (Å²) in [5.74, 6) is 0.348. The lowest BCUT2D eigenvalue weighted by Gasteiger charge is -2.39. The first kappa shape index (κ1) is 18.2. The van der Waals surface area contributed by atoms with Crippen LogP contribution in [0.5, 0.6) is 0 Å². The van der Waals surface area contributed by atoms with E-state index in [0.717, 1.165) is 11.3 Å². The molecule has 0 unspecified atom stereocenters. The molecule has 2 amide bonds. The molecule has 0 bridgehead atoms. The van der Waals surface area contributed by atoms with Gasteiger partial charge < -0.3 is 9.80 Å². The Hall–Kier alpha value is -2.62. The SMILES string of the molecule is Cc1cccc(C(=O)N2CCN(c3ccc(C(C)C)cc3)C(=O)[C@@H]2C)c1. The maximum atomic E-state index is 12.9. The van der Waals surface area contributed by atoms with Crippen LogP contribution in [0.25, 0.3) is 0 Å². The van der Waals surface area contributed by atoms with Crippen molar-refractivity contribution in [3.05, 3.63) is 65.2 Å². The second-order valence-corrected chi connectivity index (χ2v) is 7.28. The summed E-state index contributed by atoms with van der Waals surface area (Å²) in [5.41, 5.74) is 3.83. The topological polar surface area (TPSA) is 40.6 Å². The average molecular weight is 350 g/mol. The van der Waals surface area contributed by atoms with Gasteiger partial charge in [-0.2, -0.15) is 0 Å². The van der Waals surface area contributed by atoms with Crippen LogP contribution in [-0.2, 0) is 4.79 Å². The van der Waals surface area contributed by atoms with Gasteiger partial charge in [-0.1, -0.05) is 43.7 Å². The number of anilines is 1. The molecule has 2 aromatic carbocycles. The monoisotopic (exact) mass is 350 g/mol. The number of amides is 2. The van der Waals surface area contributed by atoms with Crippen LogP contribution in [0.4, 0.5) is 5.69 Å². The minimum Gasteiger partial charge on any atom is -0.325 e. The minimum atomic E-state index is -0.471. The summed E-state index contributed by atoms with van der Waals surface area (Å²) in [6.45, 7) is 9.12. The van der Waals surface area contributed by atoms with Crippen molar-refractivity contribution in [3.8, 4) is 0 Å². The third-order valence-corrected chi connectivity index (χ3v) is 5.05. The van der Waals surface area contributed by atoms with Crippen LogP contribution < -0.4 is 4.90 Å². The van der Waals surface area contributed by atoms with Crippen LogP contribution in [-0.4, -0.2) is 35.8 Å². The van der Waals surface area contributed by atoms with Crippen LogP contribution >= 0.6 is 0 Å². The Bertz CT molecular complexity index is 811. The number of nitrogens with zero attached hydrogens (tertiary/aromatic N) is 2. The first-order valence-corrected chi connectivity index (χ1v) is 9.17. The first-order valence-electron chi connectivity index (χ1n) is 9.17. The second kappa shape index (κ2) is 7.32. The number of carbonyl (C=O) groups is 2. The van der Waals surface area contributed by atoms with Crippen molar-refractivity contribution in [2.24, 2.45) is 0 Å². The lowest BCUT2D eigenvalue weighted by atomic mass is 10.0. The van der Waals surface area contributed by atoms with E-state index in [1.807, 2.05) is 50.2 Å². The van der Waals surface area contributed by atoms with E-state index in [4.69, 9.17) is 0 Å². The number of carbonyl (C=O) groups excluding carboxylic acids is 2. The number of aryl methyl sites for hydroxylation is 1. The van der Waals surface area contributed by atoms with E-state index in [2.05, 4.69) is 26.0 Å². The standard InChI is InChI=1S/C22H26N2O2/c1-15(2)18-8-10-20(11-9-18)24-13-12-23(17(4)21(24)25)22(26)19-7-5-6-16(3)14-19/h5-11,14-15,17H,12-13H2,1-4H3/t17-/m0/s1. The molecule has 1 fully saturated rings. The van der Waals surface area contributed by atoms with Crippen molar-refractivity contribution < 1.29 is 9.59 Å². The Labute approximate surface area is 155 Å². The van der Waals surface area contributed by atoms with E-state index >= 15 is 0 Å². The summed E-state index contributed by atoms with van der Waals surface area (Å²) < 4.78 is 0. The molecule has 3 rings (SSSR count). The van der Waals surface area contributed by atoms with Crippen molar-refractivity contribution >= 4 is 17.5 Å². The highest BCUT2D eigenvalue weighted by Crippen LogP contribution is 2.24. The molecule has 1 aliphatic heterocycles. The van der Waals surface area contributed by atoms with E-state index in [-0.39, 0.29) is 11.8 Å². The Morgan fingerprint density at radius 2 is 1.77 bits per heavy atom. The van der Waals surface area contributed by atoms with Gasteiger partial charge in [0.15, 0.2) is 0 Å². The highest BCUT2D eigenvalue weighted by molar-refractivity contribution is 6.03. The van der Waals surface area contributed by atoms with Crippen LogP contribution in [0, 0.1) is 6.92 Å². The summed E-state index contributed by atoms with van der Waals surface area (Å²) in [7, 11) is 0. The van der Waals surface area contributed by atoms with Crippen LogP contribution in [0.1, 0.15) is 48.2 Å². The van der Waals surface area contributed by atoms with Gasteiger partial charge in [0.25, 0.3) is 5.91 Å². The summed E-state index contributed by atoms with van der Waals surface area (Å²) in [6.07, 6.45) is 0. The normalized spacial score (nSPS) is 17.7. The molecule has 4 heteroatoms. The summed E-state index contributed by atoms with van der Waals surface area (Å²) in [4.78, 5) is 29.2. The van der Waals surface area contributed by atoms with Gasteiger partial charge in [0.1, 0.15) is 6.04 Å². The molecule has 1 atom stereocenters. The maximum absolute atomic E-state index is 12.9. The van der Waals surface area contributed by atoms with Gasteiger partial charge in [0.05, 0.1) is 0 Å². The molecule has 0 saturated carbocycles. The van der Waals surface area contributed by atoms with E-state index < -0.39 is 6.04 Å². The molecule has 0 aromatic heterocycles. The fourth-order valence-corrected chi connectivity index (χ4v) is 3.39. The third-order valence-electron chi connectivity index (χ3n) is 5.05. The smallest absolute Gasteiger partial charge is 0.254 e. The average Bonchev–Trinajstić information content (AvgIpc) is 2.63. The Kier molecular flexibility index (Phi) is 5.12. The van der Waals surface area contributed by atoms with E-state index in [0.29, 0.717) is 24.6 Å². The summed E-state index contributed by atoms with van der Waals surface area (Å²) in [5, 5.41) is 0. The molecule has 136 valence electrons. The van der Waals surface area contributed by atoms with Gasteiger partial charge in [0.2, 0.25) is 5.91 Å². The molecule has 0 radical (unpaired) electrons. The predicted molar refractivity (Wildman–Crippen MR) is 105 cm³/mol. The molecule has 4 nitrogen and oxygen atoms in total. The van der Waals surface area contributed by atoms with Gasteiger partial charge in [-0.05, 0) is 49.6 Å². The zero-order valence-electron chi connectivity index (χ0n) is 15.9. The lowest BCUT2D eigenvalue weighted by molar-refractivity contribution is -0.124. The van der Waals surface area contributed by atoms with Crippen LogP contribution in [0.15, 0.2) is 48.5 Å². The number of benzene rings is 2. The highest BCUT2D eigenvalue weighted by Gasteiger charge is 2.35. The summed E-state index contributed by atoms with van der Waals surface area (Å²) in [6, 6.07) is 15.2. The molecular formula is C22H26N2O2. The molecule has 0 N–H and O–H groups in total. The quantitative estimate of drug-likeness (QED) is 0.840. The molecular weight excluding hydrogens is 324 g/mol. The molecule has 0 spiro atoms. The first-order chi connectivity index (χ1) is 12.4. The second-order valence-electron chi connectivity index (χ2n) is 7.28. The molecule has 1 aliphatic rings. The third kappa shape index (κ3) is 3.50. The number of hydrogen-bond donors (Lipinski definition) is 0. The van der Waals surface area contributed by atoms with E-state index in [1.165, 1.54) is 5.56 Å². The molecule has 26 heavy (non-hydrogen) atoms. The van der Waals surface area contributed by atoms with Crippen molar-refractivity contribution in [1.29, 1.82) is 0 Å². The van der Waals surface area contributed by atoms with Crippen LogP contribution in [0.3, 0.4) is 0 Å². The molecule has 2 aromatic rings.